The molecule has 0 aliphatic heterocycles. The highest BCUT2D eigenvalue weighted by Gasteiger charge is 2.14. The average molecular weight is 234 g/mol. The van der Waals surface area contributed by atoms with E-state index >= 15 is 0 Å². The second-order valence-corrected chi connectivity index (χ2v) is 4.14. The molecule has 2 rings (SSSR count). The van der Waals surface area contributed by atoms with Crippen molar-refractivity contribution in [2.24, 2.45) is 0 Å². The third-order valence-corrected chi connectivity index (χ3v) is 2.93. The molecule has 1 aromatic carbocycles. The Bertz CT molecular complexity index is 496. The van der Waals surface area contributed by atoms with E-state index in [1.165, 1.54) is 22.4 Å². The second-order valence-electron chi connectivity index (χ2n) is 3.25. The molecule has 1 heterocycles. The fraction of sp³-hybridized carbons (Fsp3) is 0.0909. The molecule has 1 amide bonds. The van der Waals surface area contributed by atoms with Crippen LogP contribution >= 0.6 is 11.3 Å². The van der Waals surface area contributed by atoms with E-state index in [1.807, 2.05) is 0 Å². The fourth-order valence-corrected chi connectivity index (χ4v) is 1.90. The van der Waals surface area contributed by atoms with E-state index < -0.39 is 0 Å². The molecule has 0 radical (unpaired) electrons. The maximum atomic E-state index is 11.9. The van der Waals surface area contributed by atoms with Gasteiger partial charge in [0.15, 0.2) is 0 Å². The Morgan fingerprint density at radius 3 is 2.94 bits per heavy atom. The molecule has 0 spiro atoms. The lowest BCUT2D eigenvalue weighted by molar-refractivity contribution is 0.0996. The van der Waals surface area contributed by atoms with Gasteiger partial charge in [-0.1, -0.05) is 6.07 Å². The van der Waals surface area contributed by atoms with E-state index in [0.29, 0.717) is 10.6 Å². The molecular formula is C11H10N2O2S. The van der Waals surface area contributed by atoms with Crippen LogP contribution in [0, 0.1) is 0 Å². The average Bonchev–Trinajstić information content (AvgIpc) is 2.80. The highest BCUT2D eigenvalue weighted by molar-refractivity contribution is 7.11. The summed E-state index contributed by atoms with van der Waals surface area (Å²) in [7, 11) is 1.66. The molecule has 0 fully saturated rings. The van der Waals surface area contributed by atoms with Gasteiger partial charge in [-0.3, -0.25) is 9.78 Å². The van der Waals surface area contributed by atoms with Crippen LogP contribution in [0.2, 0.25) is 0 Å². The van der Waals surface area contributed by atoms with Crippen molar-refractivity contribution in [3.05, 3.63) is 40.8 Å². The smallest absolute Gasteiger partial charge is 0.269 e. The number of anilines is 1. The summed E-state index contributed by atoms with van der Waals surface area (Å²) in [5.41, 5.74) is 2.27. The predicted octanol–water partition coefficient (Wildman–Crippen LogP) is 2.13. The Balaban J connectivity index is 2.26. The number of phenolic OH excluding ortho intramolecular Hbond substituents is 1. The number of amides is 1. The Morgan fingerprint density at radius 2 is 2.31 bits per heavy atom. The summed E-state index contributed by atoms with van der Waals surface area (Å²) >= 11 is 1.29. The molecule has 0 saturated carbocycles. The molecule has 16 heavy (non-hydrogen) atoms. The third-order valence-electron chi connectivity index (χ3n) is 2.16. The number of aromatic nitrogens is 1. The van der Waals surface area contributed by atoms with Crippen molar-refractivity contribution in [2.75, 3.05) is 11.9 Å². The van der Waals surface area contributed by atoms with E-state index in [-0.39, 0.29) is 11.7 Å². The van der Waals surface area contributed by atoms with Crippen LogP contribution in [0.3, 0.4) is 0 Å². The summed E-state index contributed by atoms with van der Waals surface area (Å²) in [5.74, 6) is 0.00885. The van der Waals surface area contributed by atoms with Gasteiger partial charge in [0, 0.05) is 18.8 Å². The lowest BCUT2D eigenvalue weighted by atomic mass is 10.2. The molecule has 0 unspecified atom stereocenters. The zero-order chi connectivity index (χ0) is 11.5. The molecule has 1 N–H and O–H groups in total. The van der Waals surface area contributed by atoms with Crippen molar-refractivity contribution in [3.8, 4) is 5.75 Å². The minimum absolute atomic E-state index is 0.131. The van der Waals surface area contributed by atoms with Crippen LogP contribution in [0.15, 0.2) is 36.0 Å². The number of thiazole rings is 1. The number of aromatic hydroxyl groups is 1. The van der Waals surface area contributed by atoms with E-state index in [4.69, 9.17) is 0 Å². The fourth-order valence-electron chi connectivity index (χ4n) is 1.31. The van der Waals surface area contributed by atoms with Crippen LogP contribution in [-0.4, -0.2) is 23.0 Å². The minimum atomic E-state index is -0.131. The standard InChI is InChI=1S/C11H10N2O2S/c1-13(8-3-2-4-9(14)5-8)11(15)10-6-12-7-16-10/h2-7,14H,1H3. The van der Waals surface area contributed by atoms with Crippen molar-refractivity contribution in [3.63, 3.8) is 0 Å². The van der Waals surface area contributed by atoms with Crippen LogP contribution in [-0.2, 0) is 0 Å². The number of hydrogen-bond acceptors (Lipinski definition) is 4. The first-order chi connectivity index (χ1) is 7.68. The summed E-state index contributed by atoms with van der Waals surface area (Å²) in [6, 6.07) is 6.56. The molecular weight excluding hydrogens is 224 g/mol. The summed E-state index contributed by atoms with van der Waals surface area (Å²) in [6.45, 7) is 0. The molecule has 2 aromatic rings. The SMILES string of the molecule is CN(C(=O)c1cncs1)c1cccc(O)c1. The molecule has 0 aliphatic carbocycles. The molecule has 0 saturated heterocycles. The number of hydrogen-bond donors (Lipinski definition) is 1. The van der Waals surface area contributed by atoms with Gasteiger partial charge in [-0.05, 0) is 12.1 Å². The Morgan fingerprint density at radius 1 is 1.50 bits per heavy atom. The van der Waals surface area contributed by atoms with Gasteiger partial charge < -0.3 is 10.0 Å². The topological polar surface area (TPSA) is 53.4 Å². The number of carbonyl (C=O) groups excluding carboxylic acids is 1. The highest BCUT2D eigenvalue weighted by atomic mass is 32.1. The van der Waals surface area contributed by atoms with Gasteiger partial charge in [-0.25, -0.2) is 0 Å². The maximum Gasteiger partial charge on any atom is 0.269 e. The van der Waals surface area contributed by atoms with Gasteiger partial charge in [0.2, 0.25) is 0 Å². The van der Waals surface area contributed by atoms with E-state index in [9.17, 15) is 9.90 Å². The summed E-state index contributed by atoms with van der Waals surface area (Å²) in [4.78, 5) is 17.8. The first-order valence-electron chi connectivity index (χ1n) is 4.64. The normalized spacial score (nSPS) is 10.1. The van der Waals surface area contributed by atoms with Crippen LogP contribution in [0.1, 0.15) is 9.67 Å². The van der Waals surface area contributed by atoms with Crippen molar-refractivity contribution >= 4 is 22.9 Å². The van der Waals surface area contributed by atoms with Crippen molar-refractivity contribution < 1.29 is 9.90 Å². The Labute approximate surface area is 96.8 Å². The third kappa shape index (κ3) is 2.04. The van der Waals surface area contributed by atoms with Crippen LogP contribution < -0.4 is 4.90 Å². The molecule has 5 heteroatoms. The maximum absolute atomic E-state index is 11.9. The van der Waals surface area contributed by atoms with Gasteiger partial charge in [-0.15, -0.1) is 11.3 Å². The first-order valence-corrected chi connectivity index (χ1v) is 5.52. The molecule has 4 nitrogen and oxygen atoms in total. The molecule has 82 valence electrons. The van der Waals surface area contributed by atoms with Gasteiger partial charge in [0.25, 0.3) is 5.91 Å². The van der Waals surface area contributed by atoms with Crippen LogP contribution in [0.5, 0.6) is 5.75 Å². The van der Waals surface area contributed by atoms with Crippen LogP contribution in [0.4, 0.5) is 5.69 Å². The van der Waals surface area contributed by atoms with Gasteiger partial charge in [0.05, 0.1) is 11.7 Å². The number of phenols is 1. The lowest BCUT2D eigenvalue weighted by Gasteiger charge is -2.16. The monoisotopic (exact) mass is 234 g/mol. The number of nitrogens with zero attached hydrogens (tertiary/aromatic N) is 2. The lowest BCUT2D eigenvalue weighted by Crippen LogP contribution is -2.25. The second kappa shape index (κ2) is 4.32. The largest absolute Gasteiger partial charge is 0.508 e. The van der Waals surface area contributed by atoms with Crippen molar-refractivity contribution in [2.45, 2.75) is 0 Å². The van der Waals surface area contributed by atoms with Gasteiger partial charge in [0.1, 0.15) is 10.6 Å². The van der Waals surface area contributed by atoms with Crippen molar-refractivity contribution in [1.29, 1.82) is 0 Å². The Hall–Kier alpha value is -1.88. The van der Waals surface area contributed by atoms with E-state index in [2.05, 4.69) is 4.98 Å². The summed E-state index contributed by atoms with van der Waals surface area (Å²) in [5, 5.41) is 9.33. The quantitative estimate of drug-likeness (QED) is 0.866. The summed E-state index contributed by atoms with van der Waals surface area (Å²) < 4.78 is 0. The highest BCUT2D eigenvalue weighted by Crippen LogP contribution is 2.21. The van der Waals surface area contributed by atoms with E-state index in [1.54, 1.807) is 36.8 Å². The molecule has 0 aliphatic rings. The van der Waals surface area contributed by atoms with Crippen molar-refractivity contribution in [1.82, 2.24) is 4.98 Å². The number of carbonyl (C=O) groups is 1. The zero-order valence-electron chi connectivity index (χ0n) is 8.62. The van der Waals surface area contributed by atoms with E-state index in [0.717, 1.165) is 0 Å². The molecule has 1 aromatic heterocycles. The predicted molar refractivity (Wildman–Crippen MR) is 63.0 cm³/mol. The minimum Gasteiger partial charge on any atom is -0.508 e. The van der Waals surface area contributed by atoms with Gasteiger partial charge >= 0.3 is 0 Å². The number of rotatable bonds is 2. The van der Waals surface area contributed by atoms with Gasteiger partial charge in [-0.2, -0.15) is 0 Å². The summed E-state index contributed by atoms with van der Waals surface area (Å²) in [6.07, 6.45) is 1.53. The molecule has 0 bridgehead atoms. The first kappa shape index (κ1) is 10.6. The zero-order valence-corrected chi connectivity index (χ0v) is 9.44. The number of benzene rings is 1. The Kier molecular flexibility index (Phi) is 2.87. The molecule has 0 atom stereocenters. The van der Waals surface area contributed by atoms with Crippen LogP contribution in [0.25, 0.3) is 0 Å².